The molecule has 108 valence electrons. The zero-order valence-electron chi connectivity index (χ0n) is 11.5. The first-order chi connectivity index (χ1) is 10.1. The highest BCUT2D eigenvalue weighted by atomic mass is 16.5. The van der Waals surface area contributed by atoms with E-state index in [2.05, 4.69) is 20.8 Å². The molecule has 2 amide bonds. The van der Waals surface area contributed by atoms with Gasteiger partial charge in [-0.05, 0) is 17.7 Å². The summed E-state index contributed by atoms with van der Waals surface area (Å²) in [6, 6.07) is 5.20. The summed E-state index contributed by atoms with van der Waals surface area (Å²) in [6.45, 7) is 2.13. The van der Waals surface area contributed by atoms with E-state index in [1.165, 1.54) is 0 Å². The molecule has 0 spiro atoms. The number of carbonyl (C=O) groups is 2. The standard InChI is InChI=1S/C14H14N4O3/c1-8-16-12(18-21-8)4-5-15-14(20)10-3-2-9-7-13(19)17-11(9)6-10/h2-3,6H,4-5,7H2,1H3,(H,15,20)(H,17,19). The number of anilines is 1. The van der Waals surface area contributed by atoms with Crippen molar-refractivity contribution in [2.45, 2.75) is 19.8 Å². The van der Waals surface area contributed by atoms with Crippen molar-refractivity contribution >= 4 is 17.5 Å². The van der Waals surface area contributed by atoms with Crippen LogP contribution >= 0.6 is 0 Å². The van der Waals surface area contributed by atoms with E-state index in [0.29, 0.717) is 42.4 Å². The van der Waals surface area contributed by atoms with Crippen LogP contribution in [0, 0.1) is 6.92 Å². The predicted octanol–water partition coefficient (Wildman–Crippen LogP) is 0.845. The van der Waals surface area contributed by atoms with E-state index in [-0.39, 0.29) is 11.8 Å². The highest BCUT2D eigenvalue weighted by molar-refractivity contribution is 6.02. The average Bonchev–Trinajstić information content (AvgIpc) is 3.02. The summed E-state index contributed by atoms with van der Waals surface area (Å²) in [5.41, 5.74) is 2.14. The van der Waals surface area contributed by atoms with Crippen molar-refractivity contribution in [3.63, 3.8) is 0 Å². The maximum absolute atomic E-state index is 12.0. The SMILES string of the molecule is Cc1nc(CCNC(=O)c2ccc3c(c2)NC(=O)C3)no1. The lowest BCUT2D eigenvalue weighted by molar-refractivity contribution is -0.115. The van der Waals surface area contributed by atoms with E-state index in [1.54, 1.807) is 25.1 Å². The van der Waals surface area contributed by atoms with E-state index < -0.39 is 0 Å². The Labute approximate surface area is 120 Å². The number of aromatic nitrogens is 2. The molecular weight excluding hydrogens is 272 g/mol. The highest BCUT2D eigenvalue weighted by Crippen LogP contribution is 2.23. The van der Waals surface area contributed by atoms with Gasteiger partial charge in [0.2, 0.25) is 11.8 Å². The van der Waals surface area contributed by atoms with E-state index in [0.717, 1.165) is 5.56 Å². The number of nitrogens with one attached hydrogen (secondary N) is 2. The molecule has 0 atom stereocenters. The maximum atomic E-state index is 12.0. The van der Waals surface area contributed by atoms with Gasteiger partial charge in [0.15, 0.2) is 5.82 Å². The van der Waals surface area contributed by atoms with Gasteiger partial charge in [-0.3, -0.25) is 9.59 Å². The van der Waals surface area contributed by atoms with Crippen molar-refractivity contribution in [1.29, 1.82) is 0 Å². The summed E-state index contributed by atoms with van der Waals surface area (Å²) in [5, 5.41) is 9.27. The molecule has 2 N–H and O–H groups in total. The second kappa shape index (κ2) is 5.35. The molecule has 7 heteroatoms. The third-order valence-corrected chi connectivity index (χ3v) is 3.20. The molecule has 7 nitrogen and oxygen atoms in total. The fourth-order valence-corrected chi connectivity index (χ4v) is 2.19. The van der Waals surface area contributed by atoms with Crippen molar-refractivity contribution in [2.75, 3.05) is 11.9 Å². The lowest BCUT2D eigenvalue weighted by atomic mass is 10.1. The summed E-state index contributed by atoms with van der Waals surface area (Å²) in [4.78, 5) is 27.4. The van der Waals surface area contributed by atoms with Crippen LogP contribution in [0.25, 0.3) is 0 Å². The van der Waals surface area contributed by atoms with Crippen LogP contribution in [-0.4, -0.2) is 28.5 Å². The molecule has 0 bridgehead atoms. The largest absolute Gasteiger partial charge is 0.352 e. The Morgan fingerprint density at radius 3 is 3.10 bits per heavy atom. The third-order valence-electron chi connectivity index (χ3n) is 3.20. The molecule has 0 unspecified atom stereocenters. The Balaban J connectivity index is 1.58. The number of fused-ring (bicyclic) bond motifs is 1. The van der Waals surface area contributed by atoms with Gasteiger partial charge in [-0.25, -0.2) is 0 Å². The fraction of sp³-hybridized carbons (Fsp3) is 0.286. The molecule has 0 radical (unpaired) electrons. The van der Waals surface area contributed by atoms with Gasteiger partial charge >= 0.3 is 0 Å². The molecule has 0 aliphatic carbocycles. The number of rotatable bonds is 4. The van der Waals surface area contributed by atoms with Crippen molar-refractivity contribution < 1.29 is 14.1 Å². The summed E-state index contributed by atoms with van der Waals surface area (Å²) in [7, 11) is 0. The van der Waals surface area contributed by atoms with Gasteiger partial charge in [-0.1, -0.05) is 11.2 Å². The monoisotopic (exact) mass is 286 g/mol. The minimum absolute atomic E-state index is 0.0463. The van der Waals surface area contributed by atoms with Gasteiger partial charge in [0.05, 0.1) is 6.42 Å². The maximum Gasteiger partial charge on any atom is 0.251 e. The Morgan fingerprint density at radius 2 is 2.33 bits per heavy atom. The van der Waals surface area contributed by atoms with Gasteiger partial charge in [0, 0.05) is 31.1 Å². The first-order valence-electron chi connectivity index (χ1n) is 6.62. The molecule has 0 fully saturated rings. The summed E-state index contributed by atoms with van der Waals surface area (Å²) < 4.78 is 4.85. The first kappa shape index (κ1) is 13.3. The van der Waals surface area contributed by atoms with Crippen LogP contribution in [0.4, 0.5) is 5.69 Å². The van der Waals surface area contributed by atoms with E-state index in [1.807, 2.05) is 0 Å². The molecule has 0 saturated heterocycles. The normalized spacial score (nSPS) is 12.9. The second-order valence-corrected chi connectivity index (χ2v) is 4.83. The summed E-state index contributed by atoms with van der Waals surface area (Å²) >= 11 is 0. The van der Waals surface area contributed by atoms with Crippen LogP contribution < -0.4 is 10.6 Å². The minimum atomic E-state index is -0.195. The predicted molar refractivity (Wildman–Crippen MR) is 73.8 cm³/mol. The Kier molecular flexibility index (Phi) is 3.39. The first-order valence-corrected chi connectivity index (χ1v) is 6.62. The molecule has 1 aromatic carbocycles. The number of amides is 2. The smallest absolute Gasteiger partial charge is 0.251 e. The van der Waals surface area contributed by atoms with Gasteiger partial charge < -0.3 is 15.2 Å². The number of hydrogen-bond acceptors (Lipinski definition) is 5. The Bertz CT molecular complexity index is 708. The Morgan fingerprint density at radius 1 is 1.48 bits per heavy atom. The van der Waals surface area contributed by atoms with Crippen molar-refractivity contribution in [2.24, 2.45) is 0 Å². The number of aryl methyl sites for hydroxylation is 1. The second-order valence-electron chi connectivity index (χ2n) is 4.83. The summed E-state index contributed by atoms with van der Waals surface area (Å²) in [6.07, 6.45) is 0.874. The van der Waals surface area contributed by atoms with Crippen molar-refractivity contribution in [1.82, 2.24) is 15.5 Å². The zero-order valence-corrected chi connectivity index (χ0v) is 11.5. The van der Waals surface area contributed by atoms with E-state index in [4.69, 9.17) is 4.52 Å². The fourth-order valence-electron chi connectivity index (χ4n) is 2.19. The van der Waals surface area contributed by atoms with Crippen LogP contribution in [-0.2, 0) is 17.6 Å². The molecule has 1 aliphatic rings. The van der Waals surface area contributed by atoms with Gasteiger partial charge in [0.1, 0.15) is 0 Å². The Hall–Kier alpha value is -2.70. The number of benzene rings is 1. The van der Waals surface area contributed by atoms with Gasteiger partial charge in [0.25, 0.3) is 5.91 Å². The number of carbonyl (C=O) groups excluding carboxylic acids is 2. The van der Waals surface area contributed by atoms with Crippen LogP contribution in [0.3, 0.4) is 0 Å². The van der Waals surface area contributed by atoms with Gasteiger partial charge in [-0.2, -0.15) is 4.98 Å². The van der Waals surface area contributed by atoms with Crippen molar-refractivity contribution in [3.8, 4) is 0 Å². The number of nitrogens with zero attached hydrogens (tertiary/aromatic N) is 2. The zero-order chi connectivity index (χ0) is 14.8. The van der Waals surface area contributed by atoms with E-state index in [9.17, 15) is 9.59 Å². The molecule has 0 saturated carbocycles. The van der Waals surface area contributed by atoms with E-state index >= 15 is 0 Å². The van der Waals surface area contributed by atoms with Crippen LogP contribution in [0.5, 0.6) is 0 Å². The molecule has 1 aromatic heterocycles. The molecule has 2 aromatic rings. The molecule has 1 aliphatic heterocycles. The quantitative estimate of drug-likeness (QED) is 0.868. The molecule has 3 rings (SSSR count). The lowest BCUT2D eigenvalue weighted by Crippen LogP contribution is -2.26. The average molecular weight is 286 g/mol. The van der Waals surface area contributed by atoms with Gasteiger partial charge in [-0.15, -0.1) is 0 Å². The van der Waals surface area contributed by atoms with Crippen molar-refractivity contribution in [3.05, 3.63) is 41.0 Å². The lowest BCUT2D eigenvalue weighted by Gasteiger charge is -2.05. The molecule has 21 heavy (non-hydrogen) atoms. The third kappa shape index (κ3) is 2.91. The summed E-state index contributed by atoms with van der Waals surface area (Å²) in [5.74, 6) is 0.828. The topological polar surface area (TPSA) is 97.1 Å². The van der Waals surface area contributed by atoms with Crippen LogP contribution in [0.1, 0.15) is 27.6 Å². The minimum Gasteiger partial charge on any atom is -0.352 e. The highest BCUT2D eigenvalue weighted by Gasteiger charge is 2.18. The van der Waals surface area contributed by atoms with Crippen LogP contribution in [0.2, 0.25) is 0 Å². The number of hydrogen-bond donors (Lipinski definition) is 2. The van der Waals surface area contributed by atoms with Crippen LogP contribution in [0.15, 0.2) is 22.7 Å². The molecular formula is C14H14N4O3. The molecule has 2 heterocycles.